The highest BCUT2D eigenvalue weighted by atomic mass is 16.6. The van der Waals surface area contributed by atoms with E-state index >= 15 is 0 Å². The summed E-state index contributed by atoms with van der Waals surface area (Å²) in [5.74, 6) is 0.465. The van der Waals surface area contributed by atoms with Crippen molar-refractivity contribution in [3.8, 4) is 23.0 Å². The Labute approximate surface area is 223 Å². The quantitative estimate of drug-likeness (QED) is 0.204. The molecule has 1 fully saturated rings. The van der Waals surface area contributed by atoms with Crippen LogP contribution in [0.3, 0.4) is 0 Å². The van der Waals surface area contributed by atoms with E-state index in [0.29, 0.717) is 67.0 Å². The van der Waals surface area contributed by atoms with Gasteiger partial charge in [0.15, 0.2) is 23.0 Å². The number of ketones is 1. The fraction of sp³-hybridized carbons (Fsp3) is 0.448. The summed E-state index contributed by atoms with van der Waals surface area (Å²) >= 11 is 0. The molecule has 0 radical (unpaired) electrons. The van der Waals surface area contributed by atoms with Gasteiger partial charge in [-0.2, -0.15) is 0 Å². The number of unbranched alkanes of at least 4 members (excludes halogenated alkanes) is 2. The Morgan fingerprint density at radius 1 is 1.05 bits per heavy atom. The lowest BCUT2D eigenvalue weighted by Crippen LogP contribution is -2.35. The van der Waals surface area contributed by atoms with Crippen LogP contribution < -0.4 is 18.9 Å². The minimum absolute atomic E-state index is 0.0177. The highest BCUT2D eigenvalue weighted by Gasteiger charge is 2.46. The van der Waals surface area contributed by atoms with Crippen LogP contribution in [0.4, 0.5) is 0 Å². The Hall–Kier alpha value is -3.72. The van der Waals surface area contributed by atoms with Crippen LogP contribution in [0, 0.1) is 0 Å². The highest BCUT2D eigenvalue weighted by molar-refractivity contribution is 6.46. The molecular formula is C29H36N2O7. The van der Waals surface area contributed by atoms with E-state index in [-0.39, 0.29) is 11.3 Å². The predicted molar refractivity (Wildman–Crippen MR) is 143 cm³/mol. The summed E-state index contributed by atoms with van der Waals surface area (Å²) in [7, 11) is 5.35. The lowest BCUT2D eigenvalue weighted by molar-refractivity contribution is -0.140. The normalized spacial score (nSPS) is 18.2. The molecule has 2 aliphatic heterocycles. The Bertz CT molecular complexity index is 1210. The molecule has 1 N–H and O–H groups in total. The summed E-state index contributed by atoms with van der Waals surface area (Å²) in [6.45, 7) is 4.37. The van der Waals surface area contributed by atoms with Crippen molar-refractivity contribution >= 4 is 17.4 Å². The first-order valence-electron chi connectivity index (χ1n) is 13.0. The third kappa shape index (κ3) is 5.72. The number of Topliss-reactive ketones (excluding diaryl/α,β-unsaturated/α-hetero) is 1. The van der Waals surface area contributed by atoms with Crippen molar-refractivity contribution in [2.75, 3.05) is 54.1 Å². The number of carbonyl (C=O) groups is 2. The van der Waals surface area contributed by atoms with Crippen LogP contribution >= 0.6 is 0 Å². The number of methoxy groups -OCH3 is 1. The summed E-state index contributed by atoms with van der Waals surface area (Å²) in [4.78, 5) is 30.0. The van der Waals surface area contributed by atoms with Crippen LogP contribution in [0.2, 0.25) is 0 Å². The maximum atomic E-state index is 13.3. The maximum absolute atomic E-state index is 13.3. The van der Waals surface area contributed by atoms with Crippen LogP contribution in [-0.4, -0.2) is 80.7 Å². The Morgan fingerprint density at radius 2 is 1.82 bits per heavy atom. The second-order valence-electron chi connectivity index (χ2n) is 9.62. The molecule has 1 saturated heterocycles. The zero-order valence-electron chi connectivity index (χ0n) is 22.5. The van der Waals surface area contributed by atoms with Crippen LogP contribution in [-0.2, 0) is 9.59 Å². The van der Waals surface area contributed by atoms with Crippen molar-refractivity contribution in [2.24, 2.45) is 0 Å². The van der Waals surface area contributed by atoms with E-state index in [2.05, 4.69) is 6.92 Å². The lowest BCUT2D eigenvalue weighted by atomic mass is 9.94. The minimum atomic E-state index is -0.800. The summed E-state index contributed by atoms with van der Waals surface area (Å²) < 4.78 is 22.8. The van der Waals surface area contributed by atoms with E-state index in [0.717, 1.165) is 19.3 Å². The van der Waals surface area contributed by atoms with Crippen LogP contribution in [0.15, 0.2) is 42.0 Å². The SMILES string of the molecule is CCCCCOc1ccc(C2/C(=C(/O)c3ccc4c(c3)OCCO4)C(=O)C(=O)N2CCN(C)C)cc1OC. The first kappa shape index (κ1) is 27.3. The number of rotatable bonds is 11. The first-order chi connectivity index (χ1) is 18.3. The van der Waals surface area contributed by atoms with Crippen LogP contribution in [0.25, 0.3) is 5.76 Å². The molecule has 1 atom stereocenters. The van der Waals surface area contributed by atoms with Crippen molar-refractivity contribution in [2.45, 2.75) is 32.2 Å². The number of hydrogen-bond acceptors (Lipinski definition) is 8. The molecule has 204 valence electrons. The number of carbonyl (C=O) groups excluding carboxylic acids is 2. The lowest BCUT2D eigenvalue weighted by Gasteiger charge is -2.27. The number of nitrogens with zero attached hydrogens (tertiary/aromatic N) is 2. The number of likely N-dealkylation sites (N-methyl/N-ethyl adjacent to an activating group) is 1. The second kappa shape index (κ2) is 12.2. The molecular weight excluding hydrogens is 488 g/mol. The van der Waals surface area contributed by atoms with Gasteiger partial charge in [-0.1, -0.05) is 25.8 Å². The topological polar surface area (TPSA) is 97.8 Å². The van der Waals surface area contributed by atoms with Gasteiger partial charge in [-0.15, -0.1) is 0 Å². The Morgan fingerprint density at radius 3 is 2.53 bits per heavy atom. The van der Waals surface area contributed by atoms with E-state index in [9.17, 15) is 14.7 Å². The molecule has 0 spiro atoms. The standard InChI is InChI=1S/C29H36N2O7/c1-5-6-7-14-36-21-10-8-19(17-23(21)35-4)26-25(28(33)29(34)31(26)13-12-30(2)3)27(32)20-9-11-22-24(18-20)38-16-15-37-22/h8-11,17-18,26,32H,5-7,12-16H2,1-4H3/b27-25-. The fourth-order valence-corrected chi connectivity index (χ4v) is 4.62. The fourth-order valence-electron chi connectivity index (χ4n) is 4.62. The molecule has 2 aromatic carbocycles. The molecule has 0 bridgehead atoms. The van der Waals surface area contributed by atoms with E-state index in [1.54, 1.807) is 37.4 Å². The molecule has 2 heterocycles. The number of fused-ring (bicyclic) bond motifs is 1. The number of hydrogen-bond donors (Lipinski definition) is 1. The number of aliphatic hydroxyl groups is 1. The van der Waals surface area contributed by atoms with Gasteiger partial charge < -0.3 is 33.9 Å². The number of amides is 1. The van der Waals surface area contributed by atoms with Gasteiger partial charge in [0.25, 0.3) is 11.7 Å². The third-order valence-corrected chi connectivity index (χ3v) is 6.65. The van der Waals surface area contributed by atoms with Gasteiger partial charge in [0.2, 0.25) is 0 Å². The van der Waals surface area contributed by atoms with E-state index in [1.165, 1.54) is 4.90 Å². The molecule has 1 amide bonds. The summed E-state index contributed by atoms with van der Waals surface area (Å²) in [6, 6.07) is 9.54. The van der Waals surface area contributed by atoms with Crippen LogP contribution in [0.5, 0.6) is 23.0 Å². The number of likely N-dealkylation sites (tertiary alicyclic amines) is 1. The van der Waals surface area contributed by atoms with E-state index in [1.807, 2.05) is 25.1 Å². The van der Waals surface area contributed by atoms with Crippen molar-refractivity contribution < 1.29 is 33.6 Å². The smallest absolute Gasteiger partial charge is 0.295 e. The van der Waals surface area contributed by atoms with E-state index < -0.39 is 17.7 Å². The molecule has 1 unspecified atom stereocenters. The molecule has 0 aromatic heterocycles. The number of ether oxygens (including phenoxy) is 4. The van der Waals surface area contributed by atoms with Gasteiger partial charge in [-0.3, -0.25) is 9.59 Å². The van der Waals surface area contributed by atoms with Crippen LogP contribution in [0.1, 0.15) is 43.4 Å². The van der Waals surface area contributed by atoms with Crippen molar-refractivity contribution in [3.63, 3.8) is 0 Å². The van der Waals surface area contributed by atoms with Gasteiger partial charge in [-0.25, -0.2) is 0 Å². The monoisotopic (exact) mass is 524 g/mol. The van der Waals surface area contributed by atoms with Gasteiger partial charge in [0, 0.05) is 18.7 Å². The van der Waals surface area contributed by atoms with E-state index in [4.69, 9.17) is 18.9 Å². The maximum Gasteiger partial charge on any atom is 0.295 e. The zero-order chi connectivity index (χ0) is 27.2. The highest BCUT2D eigenvalue weighted by Crippen LogP contribution is 2.43. The zero-order valence-corrected chi connectivity index (χ0v) is 22.5. The molecule has 0 aliphatic carbocycles. The summed E-state index contributed by atoms with van der Waals surface area (Å²) in [5.41, 5.74) is 1.02. The first-order valence-corrected chi connectivity index (χ1v) is 13.0. The van der Waals surface area contributed by atoms with Gasteiger partial charge in [-0.05, 0) is 56.4 Å². The number of aliphatic hydroxyl groups excluding tert-OH is 1. The summed E-state index contributed by atoms with van der Waals surface area (Å²) in [5, 5.41) is 11.4. The average Bonchev–Trinajstić information content (AvgIpc) is 3.18. The number of benzene rings is 2. The van der Waals surface area contributed by atoms with Crippen molar-refractivity contribution in [1.82, 2.24) is 9.80 Å². The van der Waals surface area contributed by atoms with Gasteiger partial charge in [0.1, 0.15) is 19.0 Å². The molecule has 0 saturated carbocycles. The molecule has 4 rings (SSSR count). The molecule has 9 heteroatoms. The second-order valence-corrected chi connectivity index (χ2v) is 9.62. The predicted octanol–water partition coefficient (Wildman–Crippen LogP) is 4.02. The van der Waals surface area contributed by atoms with Gasteiger partial charge >= 0.3 is 0 Å². The molecule has 2 aliphatic rings. The third-order valence-electron chi connectivity index (χ3n) is 6.65. The molecule has 2 aromatic rings. The van der Waals surface area contributed by atoms with Crippen molar-refractivity contribution in [3.05, 3.63) is 53.1 Å². The van der Waals surface area contributed by atoms with Crippen molar-refractivity contribution in [1.29, 1.82) is 0 Å². The van der Waals surface area contributed by atoms with Gasteiger partial charge in [0.05, 0.1) is 25.3 Å². The summed E-state index contributed by atoms with van der Waals surface area (Å²) in [6.07, 6.45) is 3.09. The minimum Gasteiger partial charge on any atom is -0.507 e. The molecule has 38 heavy (non-hydrogen) atoms. The largest absolute Gasteiger partial charge is 0.507 e. The molecule has 9 nitrogen and oxygen atoms in total. The average molecular weight is 525 g/mol. The Kier molecular flexibility index (Phi) is 8.78. The Balaban J connectivity index is 1.76.